The lowest BCUT2D eigenvalue weighted by atomic mass is 10.2. The molecule has 3 aromatic rings. The predicted molar refractivity (Wildman–Crippen MR) is 101 cm³/mol. The third-order valence-corrected chi connectivity index (χ3v) is 5.12. The molecule has 4 rings (SSSR count). The fourth-order valence-corrected chi connectivity index (χ4v) is 3.64. The Morgan fingerprint density at radius 3 is 2.62 bits per heavy atom. The lowest BCUT2D eigenvalue weighted by Gasteiger charge is -2.33. The van der Waals surface area contributed by atoms with Gasteiger partial charge in [-0.2, -0.15) is 11.3 Å². The molecule has 26 heavy (non-hydrogen) atoms. The van der Waals surface area contributed by atoms with Gasteiger partial charge < -0.3 is 4.90 Å². The maximum Gasteiger partial charge on any atom is 0.436 e. The van der Waals surface area contributed by atoms with Gasteiger partial charge in [0.15, 0.2) is 0 Å². The zero-order valence-corrected chi connectivity index (χ0v) is 15.1. The first-order chi connectivity index (χ1) is 12.8. The van der Waals surface area contributed by atoms with Gasteiger partial charge in [0.05, 0.1) is 11.9 Å². The number of carbonyl (C=O) groups is 1. The molecular formula is C19H20N4O2S. The van der Waals surface area contributed by atoms with Crippen LogP contribution in [0.5, 0.6) is 0 Å². The minimum Gasteiger partial charge on any atom is -0.304 e. The summed E-state index contributed by atoms with van der Waals surface area (Å²) in [6, 6.07) is 14.2. The molecule has 1 amide bonds. The zero-order valence-electron chi connectivity index (χ0n) is 14.3. The van der Waals surface area contributed by atoms with Crippen LogP contribution in [0.15, 0.2) is 59.4 Å². The molecule has 7 heteroatoms. The molecule has 0 spiro atoms. The van der Waals surface area contributed by atoms with Crippen LogP contribution in [0, 0.1) is 0 Å². The van der Waals surface area contributed by atoms with E-state index >= 15 is 0 Å². The van der Waals surface area contributed by atoms with E-state index in [0.717, 1.165) is 30.9 Å². The van der Waals surface area contributed by atoms with Crippen molar-refractivity contribution in [3.05, 3.63) is 65.0 Å². The van der Waals surface area contributed by atoms with E-state index in [-0.39, 0.29) is 6.09 Å². The quantitative estimate of drug-likeness (QED) is 0.710. The Hall–Kier alpha value is -2.64. The van der Waals surface area contributed by atoms with Crippen LogP contribution in [0.25, 0.3) is 11.3 Å². The molecule has 1 aromatic carbocycles. The van der Waals surface area contributed by atoms with E-state index in [1.165, 1.54) is 10.4 Å². The van der Waals surface area contributed by atoms with E-state index < -0.39 is 0 Å². The van der Waals surface area contributed by atoms with Crippen LogP contribution in [0.1, 0.15) is 5.56 Å². The fourth-order valence-electron chi connectivity index (χ4n) is 2.99. The predicted octanol–water partition coefficient (Wildman–Crippen LogP) is 2.98. The molecule has 6 nitrogen and oxygen atoms in total. The molecule has 0 bridgehead atoms. The van der Waals surface area contributed by atoms with Gasteiger partial charge in [0.25, 0.3) is 0 Å². The van der Waals surface area contributed by atoms with E-state index in [0.29, 0.717) is 13.1 Å². The first-order valence-corrected chi connectivity index (χ1v) is 9.54. The average Bonchev–Trinajstić information content (AvgIpc) is 3.35. The first kappa shape index (κ1) is 16.8. The highest BCUT2D eigenvalue weighted by Crippen LogP contribution is 2.19. The summed E-state index contributed by atoms with van der Waals surface area (Å²) in [5.74, 6) is 0. The van der Waals surface area contributed by atoms with E-state index in [2.05, 4.69) is 34.3 Å². The van der Waals surface area contributed by atoms with Crippen molar-refractivity contribution in [3.8, 4) is 11.3 Å². The molecule has 0 N–H and O–H groups in total. The number of benzene rings is 1. The number of nitrogens with zero attached hydrogens (tertiary/aromatic N) is 4. The minimum absolute atomic E-state index is 0.357. The molecular weight excluding hydrogens is 348 g/mol. The van der Waals surface area contributed by atoms with Crippen molar-refractivity contribution in [2.45, 2.75) is 6.54 Å². The summed E-state index contributed by atoms with van der Waals surface area (Å²) in [5.41, 5.74) is 3.12. The summed E-state index contributed by atoms with van der Waals surface area (Å²) < 4.78 is 0. The smallest absolute Gasteiger partial charge is 0.304 e. The van der Waals surface area contributed by atoms with E-state index in [9.17, 15) is 4.79 Å². The second kappa shape index (κ2) is 7.72. The van der Waals surface area contributed by atoms with Crippen LogP contribution in [0.2, 0.25) is 0 Å². The van der Waals surface area contributed by atoms with Crippen molar-refractivity contribution >= 4 is 17.4 Å². The topological polar surface area (TPSA) is 50.6 Å². The van der Waals surface area contributed by atoms with Gasteiger partial charge in [0, 0.05) is 43.7 Å². The van der Waals surface area contributed by atoms with Gasteiger partial charge >= 0.3 is 6.09 Å². The highest BCUT2D eigenvalue weighted by Gasteiger charge is 2.23. The Bertz CT molecular complexity index is 840. The highest BCUT2D eigenvalue weighted by atomic mass is 32.1. The fraction of sp³-hybridized carbons (Fsp3) is 0.263. The van der Waals surface area contributed by atoms with Gasteiger partial charge in [-0.05, 0) is 23.1 Å². The number of aromatic nitrogens is 2. The molecule has 1 fully saturated rings. The largest absolute Gasteiger partial charge is 0.436 e. The normalized spacial score (nSPS) is 15.2. The Balaban J connectivity index is 1.28. The third kappa shape index (κ3) is 3.95. The van der Waals surface area contributed by atoms with Gasteiger partial charge in [-0.15, -0.1) is 5.10 Å². The van der Waals surface area contributed by atoms with Crippen molar-refractivity contribution in [1.29, 1.82) is 0 Å². The molecule has 0 unspecified atom stereocenters. The van der Waals surface area contributed by atoms with Gasteiger partial charge in [0.2, 0.25) is 0 Å². The standard InChI is InChI=1S/C19H20N4O2S/c24-19(25-23-8-6-18(20-23)17-7-13-26-15-17)22-11-9-21(10-12-22)14-16-4-2-1-3-5-16/h1-8,13,15H,9-12,14H2. The molecule has 134 valence electrons. The SMILES string of the molecule is O=C(On1ccc(-c2ccsc2)n1)N1CCN(Cc2ccccc2)CC1. The summed E-state index contributed by atoms with van der Waals surface area (Å²) in [6.45, 7) is 3.90. The zero-order chi connectivity index (χ0) is 17.8. The Morgan fingerprint density at radius 1 is 1.08 bits per heavy atom. The summed E-state index contributed by atoms with van der Waals surface area (Å²) in [4.78, 5) is 23.0. The highest BCUT2D eigenvalue weighted by molar-refractivity contribution is 7.08. The molecule has 2 aromatic heterocycles. The number of hydrogen-bond acceptors (Lipinski definition) is 5. The monoisotopic (exact) mass is 368 g/mol. The maximum absolute atomic E-state index is 12.4. The van der Waals surface area contributed by atoms with Crippen molar-refractivity contribution in [2.75, 3.05) is 26.2 Å². The molecule has 1 aliphatic rings. The van der Waals surface area contributed by atoms with Gasteiger partial charge in [-0.1, -0.05) is 35.2 Å². The van der Waals surface area contributed by atoms with Crippen molar-refractivity contribution in [1.82, 2.24) is 19.7 Å². The van der Waals surface area contributed by atoms with Crippen molar-refractivity contribution in [2.24, 2.45) is 0 Å². The van der Waals surface area contributed by atoms with Crippen LogP contribution in [-0.2, 0) is 6.54 Å². The summed E-state index contributed by atoms with van der Waals surface area (Å²) >= 11 is 1.61. The number of hydrogen-bond donors (Lipinski definition) is 0. The van der Waals surface area contributed by atoms with Crippen LogP contribution < -0.4 is 4.84 Å². The average molecular weight is 368 g/mol. The Labute approximate surface area is 156 Å². The third-order valence-electron chi connectivity index (χ3n) is 4.43. The maximum atomic E-state index is 12.4. The number of piperazine rings is 1. The number of carbonyl (C=O) groups excluding carboxylic acids is 1. The molecule has 1 saturated heterocycles. The molecule has 0 saturated carbocycles. The molecule has 0 atom stereocenters. The van der Waals surface area contributed by atoms with Crippen LogP contribution >= 0.6 is 11.3 Å². The number of thiophene rings is 1. The molecule has 1 aliphatic heterocycles. The first-order valence-electron chi connectivity index (χ1n) is 8.60. The Morgan fingerprint density at radius 2 is 1.88 bits per heavy atom. The van der Waals surface area contributed by atoms with Gasteiger partial charge in [-0.3, -0.25) is 9.74 Å². The van der Waals surface area contributed by atoms with Crippen molar-refractivity contribution in [3.63, 3.8) is 0 Å². The minimum atomic E-state index is -0.357. The molecule has 0 radical (unpaired) electrons. The summed E-state index contributed by atoms with van der Waals surface area (Å²) in [7, 11) is 0. The lowest BCUT2D eigenvalue weighted by Crippen LogP contribution is -2.50. The second-order valence-electron chi connectivity index (χ2n) is 6.22. The van der Waals surface area contributed by atoms with E-state index in [1.54, 1.807) is 22.4 Å². The van der Waals surface area contributed by atoms with Gasteiger partial charge in [0.1, 0.15) is 0 Å². The van der Waals surface area contributed by atoms with E-state index in [4.69, 9.17) is 4.84 Å². The van der Waals surface area contributed by atoms with Gasteiger partial charge in [-0.25, -0.2) is 4.79 Å². The lowest BCUT2D eigenvalue weighted by molar-refractivity contribution is 0.0581. The molecule has 0 aliphatic carbocycles. The van der Waals surface area contributed by atoms with Crippen LogP contribution in [0.4, 0.5) is 4.79 Å². The second-order valence-corrected chi connectivity index (χ2v) is 7.00. The van der Waals surface area contributed by atoms with E-state index in [1.807, 2.05) is 29.0 Å². The molecule has 3 heterocycles. The van der Waals surface area contributed by atoms with Crippen LogP contribution in [0.3, 0.4) is 0 Å². The van der Waals surface area contributed by atoms with Crippen molar-refractivity contribution < 1.29 is 9.63 Å². The summed E-state index contributed by atoms with van der Waals surface area (Å²) in [6.07, 6.45) is 1.31. The summed E-state index contributed by atoms with van der Waals surface area (Å²) in [5, 5.41) is 8.31. The Kier molecular flexibility index (Phi) is 4.99. The number of rotatable bonds is 4. The number of amides is 1. The van der Waals surface area contributed by atoms with Crippen LogP contribution in [-0.4, -0.2) is 52.0 Å².